The zero-order chi connectivity index (χ0) is 11.4. The van der Waals surface area contributed by atoms with Crippen LogP contribution in [-0.2, 0) is 9.53 Å². The first-order valence-corrected chi connectivity index (χ1v) is 6.01. The lowest BCUT2D eigenvalue weighted by Crippen LogP contribution is -2.21. The van der Waals surface area contributed by atoms with Crippen LogP contribution in [0.25, 0.3) is 0 Å². The van der Waals surface area contributed by atoms with E-state index in [9.17, 15) is 4.79 Å². The molecule has 86 valence electrons. The Bertz CT molecular complexity index is 342. The van der Waals surface area contributed by atoms with E-state index in [4.69, 9.17) is 4.74 Å². The third-order valence-corrected chi connectivity index (χ3v) is 3.53. The normalized spacial score (nSPS) is 22.6. The van der Waals surface area contributed by atoms with Crippen LogP contribution in [0.3, 0.4) is 0 Å². The lowest BCUT2D eigenvalue weighted by molar-refractivity contribution is -0.135. The average Bonchev–Trinajstić information content (AvgIpc) is 2.52. The molecule has 2 nitrogen and oxygen atoms in total. The van der Waals surface area contributed by atoms with Crippen LogP contribution in [0.15, 0.2) is 36.6 Å². The van der Waals surface area contributed by atoms with E-state index in [1.165, 1.54) is 31.8 Å². The number of ether oxygens (including phenoxy) is 1. The second-order valence-electron chi connectivity index (χ2n) is 4.59. The summed E-state index contributed by atoms with van der Waals surface area (Å²) in [4.78, 5) is 11.3. The Balaban J connectivity index is 2.13. The largest absolute Gasteiger partial charge is 0.427 e. The molecule has 2 aliphatic carbocycles. The Kier molecular flexibility index (Phi) is 3.28. The van der Waals surface area contributed by atoms with Gasteiger partial charge >= 0.3 is 5.97 Å². The van der Waals surface area contributed by atoms with Crippen LogP contribution < -0.4 is 0 Å². The molecule has 0 aromatic rings. The first kappa shape index (κ1) is 11.2. The summed E-state index contributed by atoms with van der Waals surface area (Å²) < 4.78 is 5.35. The molecule has 0 radical (unpaired) electrons. The van der Waals surface area contributed by atoms with Gasteiger partial charge in [-0.05, 0) is 18.9 Å². The number of allylic oxidation sites excluding steroid dienone is 3. The lowest BCUT2D eigenvalue weighted by Gasteiger charge is -2.28. The molecule has 16 heavy (non-hydrogen) atoms. The fourth-order valence-corrected chi connectivity index (χ4v) is 2.63. The number of esters is 1. The van der Waals surface area contributed by atoms with Gasteiger partial charge in [0.05, 0.1) is 0 Å². The molecule has 0 atom stereocenters. The SMILES string of the molecule is C=CC(=O)OC1=CC=CC12CCCCCC2. The van der Waals surface area contributed by atoms with Gasteiger partial charge in [-0.2, -0.15) is 0 Å². The second kappa shape index (κ2) is 4.69. The van der Waals surface area contributed by atoms with Gasteiger partial charge in [-0.25, -0.2) is 4.79 Å². The second-order valence-corrected chi connectivity index (χ2v) is 4.59. The van der Waals surface area contributed by atoms with Crippen LogP contribution >= 0.6 is 0 Å². The monoisotopic (exact) mass is 218 g/mol. The number of hydrogen-bond acceptors (Lipinski definition) is 2. The van der Waals surface area contributed by atoms with E-state index in [1.54, 1.807) is 0 Å². The van der Waals surface area contributed by atoms with Gasteiger partial charge in [0, 0.05) is 11.5 Å². The summed E-state index contributed by atoms with van der Waals surface area (Å²) >= 11 is 0. The topological polar surface area (TPSA) is 26.3 Å². The molecule has 2 heteroatoms. The van der Waals surface area contributed by atoms with Gasteiger partial charge in [0.1, 0.15) is 5.76 Å². The number of hydrogen-bond donors (Lipinski definition) is 0. The summed E-state index contributed by atoms with van der Waals surface area (Å²) in [5, 5.41) is 0. The maximum atomic E-state index is 11.3. The quantitative estimate of drug-likeness (QED) is 0.523. The Morgan fingerprint density at radius 2 is 2.00 bits per heavy atom. The molecule has 0 aliphatic heterocycles. The van der Waals surface area contributed by atoms with Gasteiger partial charge in [0.25, 0.3) is 0 Å². The molecular formula is C14H18O2. The van der Waals surface area contributed by atoms with E-state index in [0.29, 0.717) is 0 Å². The molecular weight excluding hydrogens is 200 g/mol. The van der Waals surface area contributed by atoms with Crippen molar-refractivity contribution in [1.29, 1.82) is 0 Å². The van der Waals surface area contributed by atoms with E-state index >= 15 is 0 Å². The predicted molar refractivity (Wildman–Crippen MR) is 63.6 cm³/mol. The fraction of sp³-hybridized carbons (Fsp3) is 0.500. The zero-order valence-corrected chi connectivity index (χ0v) is 9.58. The van der Waals surface area contributed by atoms with Crippen LogP contribution in [-0.4, -0.2) is 5.97 Å². The average molecular weight is 218 g/mol. The first-order chi connectivity index (χ1) is 7.77. The van der Waals surface area contributed by atoms with E-state index in [-0.39, 0.29) is 11.4 Å². The smallest absolute Gasteiger partial charge is 0.335 e. The van der Waals surface area contributed by atoms with Crippen molar-refractivity contribution in [3.05, 3.63) is 36.6 Å². The van der Waals surface area contributed by atoms with Gasteiger partial charge < -0.3 is 4.74 Å². The van der Waals surface area contributed by atoms with Crippen molar-refractivity contribution in [2.24, 2.45) is 5.41 Å². The molecule has 1 spiro atoms. The minimum absolute atomic E-state index is 0.00479. The molecule has 0 unspecified atom stereocenters. The minimum Gasteiger partial charge on any atom is -0.427 e. The van der Waals surface area contributed by atoms with Gasteiger partial charge in [-0.15, -0.1) is 0 Å². The highest BCUT2D eigenvalue weighted by Crippen LogP contribution is 2.45. The van der Waals surface area contributed by atoms with Gasteiger partial charge in [0.2, 0.25) is 0 Å². The Morgan fingerprint density at radius 1 is 1.31 bits per heavy atom. The summed E-state index contributed by atoms with van der Waals surface area (Å²) in [6, 6.07) is 0. The highest BCUT2D eigenvalue weighted by Gasteiger charge is 2.36. The molecule has 1 fully saturated rings. The molecule has 2 aliphatic rings. The van der Waals surface area contributed by atoms with Crippen molar-refractivity contribution in [3.63, 3.8) is 0 Å². The van der Waals surface area contributed by atoms with Crippen LogP contribution in [0.2, 0.25) is 0 Å². The summed E-state index contributed by atoms with van der Waals surface area (Å²) in [5.41, 5.74) is -0.00479. The van der Waals surface area contributed by atoms with Crippen molar-refractivity contribution < 1.29 is 9.53 Å². The molecule has 0 bridgehead atoms. The van der Waals surface area contributed by atoms with Crippen molar-refractivity contribution in [2.75, 3.05) is 0 Å². The maximum Gasteiger partial charge on any atom is 0.335 e. The standard InChI is InChI=1S/C14H18O2/c1-2-13(15)16-12-8-7-11-14(12)9-5-3-4-6-10-14/h2,7-8,11H,1,3-6,9-10H2. The van der Waals surface area contributed by atoms with E-state index in [0.717, 1.165) is 18.6 Å². The summed E-state index contributed by atoms with van der Waals surface area (Å²) in [7, 11) is 0. The molecule has 0 saturated heterocycles. The van der Waals surface area contributed by atoms with E-state index < -0.39 is 0 Å². The maximum absolute atomic E-state index is 11.3. The summed E-state index contributed by atoms with van der Waals surface area (Å²) in [6.45, 7) is 3.43. The summed E-state index contributed by atoms with van der Waals surface area (Å²) in [6.07, 6.45) is 14.6. The fourth-order valence-electron chi connectivity index (χ4n) is 2.63. The van der Waals surface area contributed by atoms with Gasteiger partial charge in [0.15, 0.2) is 0 Å². The Labute approximate surface area is 96.7 Å². The minimum atomic E-state index is -0.349. The first-order valence-electron chi connectivity index (χ1n) is 6.01. The highest BCUT2D eigenvalue weighted by molar-refractivity contribution is 5.82. The number of rotatable bonds is 2. The Morgan fingerprint density at radius 3 is 2.62 bits per heavy atom. The van der Waals surface area contributed by atoms with Gasteiger partial charge in [-0.3, -0.25) is 0 Å². The molecule has 0 aromatic heterocycles. The molecule has 1 saturated carbocycles. The third kappa shape index (κ3) is 2.11. The van der Waals surface area contributed by atoms with Crippen LogP contribution in [0.5, 0.6) is 0 Å². The third-order valence-electron chi connectivity index (χ3n) is 3.53. The van der Waals surface area contributed by atoms with Crippen molar-refractivity contribution in [1.82, 2.24) is 0 Å². The molecule has 0 heterocycles. The number of carbonyl (C=O) groups excluding carboxylic acids is 1. The van der Waals surface area contributed by atoms with Crippen molar-refractivity contribution >= 4 is 5.97 Å². The Hall–Kier alpha value is -1.31. The predicted octanol–water partition coefficient (Wildman–Crippen LogP) is 3.51. The van der Waals surface area contributed by atoms with Crippen LogP contribution in [0, 0.1) is 5.41 Å². The van der Waals surface area contributed by atoms with E-state index in [2.05, 4.69) is 12.7 Å². The van der Waals surface area contributed by atoms with Crippen LogP contribution in [0.4, 0.5) is 0 Å². The summed E-state index contributed by atoms with van der Waals surface area (Å²) in [5.74, 6) is 0.470. The lowest BCUT2D eigenvalue weighted by atomic mass is 9.80. The van der Waals surface area contributed by atoms with E-state index in [1.807, 2.05) is 12.2 Å². The molecule has 2 rings (SSSR count). The highest BCUT2D eigenvalue weighted by atomic mass is 16.5. The van der Waals surface area contributed by atoms with Crippen LogP contribution in [0.1, 0.15) is 38.5 Å². The molecule has 0 aromatic carbocycles. The van der Waals surface area contributed by atoms with Crippen molar-refractivity contribution in [2.45, 2.75) is 38.5 Å². The molecule has 0 N–H and O–H groups in total. The zero-order valence-electron chi connectivity index (χ0n) is 9.58. The van der Waals surface area contributed by atoms with Gasteiger partial charge in [-0.1, -0.05) is 44.4 Å². The number of carbonyl (C=O) groups is 1. The van der Waals surface area contributed by atoms with Crippen molar-refractivity contribution in [3.8, 4) is 0 Å². The molecule has 0 amide bonds.